The van der Waals surface area contributed by atoms with Gasteiger partial charge in [0.05, 0.1) is 13.2 Å². The largest absolute Gasteiger partial charge is 0.673 e. The molecular formula is C12H21BF4N2. The van der Waals surface area contributed by atoms with Crippen LogP contribution in [0.2, 0.25) is 0 Å². The standard InChI is InChI=1S/C12H21N2.BF4/c1-3-4-5-6-7-8-9-14-11-10-13(2)12-14;2-1(3,4)5/h8-12H,3-7H2,1-2H3;/q+1;-1. The summed E-state index contributed by atoms with van der Waals surface area (Å²) in [6.07, 6.45) is 17.1. The highest BCUT2D eigenvalue weighted by Gasteiger charge is 2.20. The number of aryl methyl sites for hydroxylation is 1. The lowest BCUT2D eigenvalue weighted by molar-refractivity contribution is -0.670. The number of unbranched alkanes of at least 4 members (excludes halogenated alkanes) is 4. The summed E-state index contributed by atoms with van der Waals surface area (Å²) < 4.78 is 43.1. The summed E-state index contributed by atoms with van der Waals surface area (Å²) >= 11 is 0. The van der Waals surface area contributed by atoms with Gasteiger partial charge < -0.3 is 17.3 Å². The van der Waals surface area contributed by atoms with E-state index in [0.717, 1.165) is 0 Å². The minimum atomic E-state index is -6.00. The molecule has 0 fully saturated rings. The molecule has 19 heavy (non-hydrogen) atoms. The smallest absolute Gasteiger partial charge is 0.418 e. The maximum atomic E-state index is 9.75. The van der Waals surface area contributed by atoms with Gasteiger partial charge in [0.1, 0.15) is 12.4 Å². The summed E-state index contributed by atoms with van der Waals surface area (Å²) in [5, 5.41) is 0. The Labute approximate surface area is 111 Å². The molecule has 1 rings (SSSR count). The molecule has 0 aliphatic rings. The van der Waals surface area contributed by atoms with Gasteiger partial charge >= 0.3 is 7.25 Å². The molecule has 0 saturated carbocycles. The van der Waals surface area contributed by atoms with E-state index in [2.05, 4.69) is 36.3 Å². The van der Waals surface area contributed by atoms with Gasteiger partial charge in [-0.1, -0.05) is 26.2 Å². The minimum Gasteiger partial charge on any atom is -0.418 e. The van der Waals surface area contributed by atoms with Gasteiger partial charge in [0.15, 0.2) is 0 Å². The summed E-state index contributed by atoms with van der Waals surface area (Å²) in [7, 11) is -3.97. The molecule has 110 valence electrons. The van der Waals surface area contributed by atoms with Crippen molar-refractivity contribution in [3.63, 3.8) is 0 Å². The minimum absolute atomic E-state index is 1.20. The molecule has 0 aliphatic carbocycles. The summed E-state index contributed by atoms with van der Waals surface area (Å²) in [6, 6.07) is 0. The predicted octanol–water partition coefficient (Wildman–Crippen LogP) is 4.05. The highest BCUT2D eigenvalue weighted by Crippen LogP contribution is 2.06. The lowest BCUT2D eigenvalue weighted by Gasteiger charge is -1.94. The van der Waals surface area contributed by atoms with Crippen molar-refractivity contribution in [1.82, 2.24) is 4.57 Å². The van der Waals surface area contributed by atoms with Gasteiger partial charge in [-0.25, -0.2) is 9.13 Å². The number of nitrogens with zero attached hydrogens (tertiary/aromatic N) is 2. The molecule has 1 aromatic rings. The van der Waals surface area contributed by atoms with Gasteiger partial charge in [-0.2, -0.15) is 0 Å². The molecule has 0 atom stereocenters. The second-order valence-electron chi connectivity index (χ2n) is 4.26. The maximum Gasteiger partial charge on any atom is 0.673 e. The first-order chi connectivity index (χ1) is 8.83. The summed E-state index contributed by atoms with van der Waals surface area (Å²) in [4.78, 5) is 0. The Bertz CT molecular complexity index is 355. The quantitative estimate of drug-likeness (QED) is 0.322. The number of hydrogen-bond acceptors (Lipinski definition) is 0. The van der Waals surface area contributed by atoms with Crippen LogP contribution in [-0.4, -0.2) is 11.8 Å². The first-order valence-electron chi connectivity index (χ1n) is 6.39. The monoisotopic (exact) mass is 280 g/mol. The van der Waals surface area contributed by atoms with Crippen LogP contribution >= 0.6 is 0 Å². The van der Waals surface area contributed by atoms with E-state index in [4.69, 9.17) is 0 Å². The lowest BCUT2D eigenvalue weighted by atomic mass is 10.1. The number of hydrogen-bond donors (Lipinski definition) is 0. The molecule has 7 heteroatoms. The Kier molecular flexibility index (Phi) is 9.00. The topological polar surface area (TPSA) is 8.81 Å². The van der Waals surface area contributed by atoms with Crippen molar-refractivity contribution in [1.29, 1.82) is 0 Å². The Morgan fingerprint density at radius 1 is 1.16 bits per heavy atom. The third-order valence-electron chi connectivity index (χ3n) is 2.29. The van der Waals surface area contributed by atoms with Gasteiger partial charge in [-0.3, -0.25) is 0 Å². The average Bonchev–Trinajstić information content (AvgIpc) is 2.67. The molecule has 0 radical (unpaired) electrons. The Balaban J connectivity index is 0.000000555. The molecule has 0 spiro atoms. The zero-order valence-electron chi connectivity index (χ0n) is 11.4. The molecular weight excluding hydrogens is 259 g/mol. The SMILES string of the molecule is CCCCCCC=Cn1cc[n+](C)c1.F[B-](F)(F)F. The third kappa shape index (κ3) is 14.7. The summed E-state index contributed by atoms with van der Waals surface area (Å²) in [6.45, 7) is 2.25. The molecule has 1 aromatic heterocycles. The highest BCUT2D eigenvalue weighted by molar-refractivity contribution is 6.50. The van der Waals surface area contributed by atoms with Crippen molar-refractivity contribution >= 4 is 13.5 Å². The van der Waals surface area contributed by atoms with Crippen LogP contribution in [0, 0.1) is 0 Å². The van der Waals surface area contributed by atoms with Crippen LogP contribution in [-0.2, 0) is 7.05 Å². The number of rotatable bonds is 6. The van der Waals surface area contributed by atoms with Crippen LogP contribution < -0.4 is 4.57 Å². The van der Waals surface area contributed by atoms with Crippen molar-refractivity contribution in [2.45, 2.75) is 39.0 Å². The van der Waals surface area contributed by atoms with E-state index < -0.39 is 7.25 Å². The second-order valence-corrected chi connectivity index (χ2v) is 4.26. The molecule has 0 N–H and O–H groups in total. The third-order valence-corrected chi connectivity index (χ3v) is 2.29. The number of halogens is 4. The highest BCUT2D eigenvalue weighted by atomic mass is 19.5. The van der Waals surface area contributed by atoms with Gasteiger partial charge in [-0.15, -0.1) is 0 Å². The van der Waals surface area contributed by atoms with Crippen molar-refractivity contribution < 1.29 is 21.8 Å². The van der Waals surface area contributed by atoms with E-state index in [-0.39, 0.29) is 0 Å². The molecule has 0 aromatic carbocycles. The number of aromatic nitrogens is 2. The molecule has 0 aliphatic heterocycles. The van der Waals surface area contributed by atoms with E-state index in [1.807, 2.05) is 17.8 Å². The summed E-state index contributed by atoms with van der Waals surface area (Å²) in [5.41, 5.74) is 0. The number of allylic oxidation sites excluding steroid dienone is 1. The van der Waals surface area contributed by atoms with Crippen LogP contribution in [0.4, 0.5) is 17.3 Å². The Morgan fingerprint density at radius 2 is 1.79 bits per heavy atom. The maximum absolute atomic E-state index is 9.75. The van der Waals surface area contributed by atoms with Crippen LogP contribution in [0.3, 0.4) is 0 Å². The molecule has 2 nitrogen and oxygen atoms in total. The van der Waals surface area contributed by atoms with Crippen molar-refractivity contribution in [3.05, 3.63) is 24.8 Å². The van der Waals surface area contributed by atoms with E-state index in [1.54, 1.807) is 0 Å². The van der Waals surface area contributed by atoms with Gasteiger partial charge in [0.2, 0.25) is 6.33 Å². The predicted molar refractivity (Wildman–Crippen MR) is 69.9 cm³/mol. The van der Waals surface area contributed by atoms with E-state index >= 15 is 0 Å². The van der Waals surface area contributed by atoms with Crippen LogP contribution in [0.1, 0.15) is 39.0 Å². The Morgan fingerprint density at radius 3 is 2.26 bits per heavy atom. The van der Waals surface area contributed by atoms with Gasteiger partial charge in [0, 0.05) is 0 Å². The fourth-order valence-corrected chi connectivity index (χ4v) is 1.44. The van der Waals surface area contributed by atoms with Gasteiger partial charge in [-0.05, 0) is 18.9 Å². The fourth-order valence-electron chi connectivity index (χ4n) is 1.44. The van der Waals surface area contributed by atoms with E-state index in [9.17, 15) is 17.3 Å². The number of imidazole rings is 1. The first kappa shape index (κ1) is 17.7. The zero-order valence-corrected chi connectivity index (χ0v) is 11.4. The van der Waals surface area contributed by atoms with Crippen LogP contribution in [0.15, 0.2) is 24.8 Å². The van der Waals surface area contributed by atoms with Crippen LogP contribution in [0.25, 0.3) is 6.20 Å². The van der Waals surface area contributed by atoms with Crippen LogP contribution in [0.5, 0.6) is 0 Å². The molecule has 0 unspecified atom stereocenters. The molecule has 0 amide bonds. The summed E-state index contributed by atoms with van der Waals surface area (Å²) in [5.74, 6) is 0. The zero-order chi connectivity index (χ0) is 14.7. The molecule has 1 heterocycles. The van der Waals surface area contributed by atoms with E-state index in [1.165, 1.54) is 32.1 Å². The molecule has 0 saturated heterocycles. The molecule has 0 bridgehead atoms. The van der Waals surface area contributed by atoms with Crippen molar-refractivity contribution in [2.75, 3.05) is 0 Å². The Hall–Kier alpha value is -1.27. The average molecular weight is 280 g/mol. The first-order valence-corrected chi connectivity index (χ1v) is 6.39. The normalized spacial score (nSPS) is 11.5. The van der Waals surface area contributed by atoms with Crippen molar-refractivity contribution in [2.24, 2.45) is 7.05 Å². The second kappa shape index (κ2) is 9.64. The van der Waals surface area contributed by atoms with E-state index in [0.29, 0.717) is 0 Å². The van der Waals surface area contributed by atoms with Gasteiger partial charge in [0.25, 0.3) is 0 Å². The van der Waals surface area contributed by atoms with Crippen molar-refractivity contribution in [3.8, 4) is 0 Å². The fraction of sp³-hybridized carbons (Fsp3) is 0.583. The lowest BCUT2D eigenvalue weighted by Crippen LogP contribution is -2.23.